The van der Waals surface area contributed by atoms with Gasteiger partial charge in [-0.1, -0.05) is 48.0 Å². The number of hydrogen-bond donors (Lipinski definition) is 0. The molecule has 0 spiro atoms. The molecule has 0 amide bonds. The first-order chi connectivity index (χ1) is 15.5. The molecular weight excluding hydrogens is 410 g/mol. The van der Waals surface area contributed by atoms with E-state index in [0.29, 0.717) is 41.7 Å². The first kappa shape index (κ1) is 21.5. The molecule has 7 heteroatoms. The number of esters is 1. The average Bonchev–Trinajstić information content (AvgIpc) is 2.79. The summed E-state index contributed by atoms with van der Waals surface area (Å²) < 4.78 is 11.2. The SMILES string of the molecule is Cc1ccc(C(=O)OCCC2=C([N+](=O)[O-])[C@H](c3ccccc3)C3=C(CCCC3=O)O2)cc1. The lowest BCUT2D eigenvalue weighted by molar-refractivity contribution is -0.433. The largest absolute Gasteiger partial charge is 0.462 e. The molecule has 1 aliphatic carbocycles. The number of carbonyl (C=O) groups excluding carboxylic acids is 2. The number of Topliss-reactive ketones (excluding diaryl/α,β-unsaturated/α-hetero) is 1. The maximum Gasteiger partial charge on any atom is 0.338 e. The summed E-state index contributed by atoms with van der Waals surface area (Å²) in [7, 11) is 0. The second kappa shape index (κ2) is 9.18. The molecule has 0 saturated carbocycles. The number of nitro groups is 1. The Labute approximate surface area is 185 Å². The van der Waals surface area contributed by atoms with E-state index in [2.05, 4.69) is 0 Å². The van der Waals surface area contributed by atoms with Crippen molar-refractivity contribution in [2.45, 2.75) is 38.5 Å². The van der Waals surface area contributed by atoms with Crippen LogP contribution in [-0.4, -0.2) is 23.3 Å². The number of benzene rings is 2. The number of ketones is 1. The molecule has 7 nitrogen and oxygen atoms in total. The monoisotopic (exact) mass is 433 g/mol. The molecule has 0 unspecified atom stereocenters. The van der Waals surface area contributed by atoms with E-state index in [1.165, 1.54) is 0 Å². The van der Waals surface area contributed by atoms with Gasteiger partial charge in [0.15, 0.2) is 11.5 Å². The zero-order valence-electron chi connectivity index (χ0n) is 17.7. The number of allylic oxidation sites excluding steroid dienone is 2. The highest BCUT2D eigenvalue weighted by atomic mass is 16.6. The fourth-order valence-corrected chi connectivity index (χ4v) is 4.13. The van der Waals surface area contributed by atoms with Gasteiger partial charge in [-0.2, -0.15) is 0 Å². The third-order valence-corrected chi connectivity index (χ3v) is 5.68. The summed E-state index contributed by atoms with van der Waals surface area (Å²) in [6, 6.07) is 15.9. The Kier molecular flexibility index (Phi) is 6.16. The van der Waals surface area contributed by atoms with Crippen LogP contribution in [0.2, 0.25) is 0 Å². The molecule has 1 heterocycles. The summed E-state index contributed by atoms with van der Waals surface area (Å²) in [5, 5.41) is 12.1. The zero-order valence-corrected chi connectivity index (χ0v) is 17.7. The minimum Gasteiger partial charge on any atom is -0.462 e. The Morgan fingerprint density at radius 2 is 1.84 bits per heavy atom. The van der Waals surface area contributed by atoms with Crippen LogP contribution in [-0.2, 0) is 14.3 Å². The minimum absolute atomic E-state index is 0.0439. The van der Waals surface area contributed by atoms with Crippen LogP contribution >= 0.6 is 0 Å². The van der Waals surface area contributed by atoms with Crippen molar-refractivity contribution >= 4 is 11.8 Å². The van der Waals surface area contributed by atoms with E-state index in [1.807, 2.05) is 25.1 Å². The topological polar surface area (TPSA) is 95.7 Å². The quantitative estimate of drug-likeness (QED) is 0.367. The van der Waals surface area contributed by atoms with Crippen molar-refractivity contribution in [2.75, 3.05) is 6.61 Å². The third kappa shape index (κ3) is 4.32. The standard InChI is InChI=1S/C25H23NO6/c1-16-10-12-18(13-11-16)25(28)31-15-14-21-24(26(29)30)22(17-6-3-2-4-7-17)23-19(27)8-5-9-20(23)32-21/h2-4,6-7,10-13,22H,5,8-9,14-15H2,1H3/t22-/m1/s1. The molecular formula is C25H23NO6. The maximum atomic E-state index is 12.7. The molecule has 1 aliphatic heterocycles. The molecule has 4 rings (SSSR count). The van der Waals surface area contributed by atoms with Crippen LogP contribution in [0.3, 0.4) is 0 Å². The molecule has 0 fully saturated rings. The molecule has 0 saturated heterocycles. The minimum atomic E-state index is -0.800. The van der Waals surface area contributed by atoms with Crippen molar-refractivity contribution in [1.29, 1.82) is 0 Å². The summed E-state index contributed by atoms with van der Waals surface area (Å²) in [5.74, 6) is -0.805. The van der Waals surface area contributed by atoms with E-state index in [4.69, 9.17) is 9.47 Å². The van der Waals surface area contributed by atoms with E-state index >= 15 is 0 Å². The van der Waals surface area contributed by atoms with Gasteiger partial charge in [-0.15, -0.1) is 0 Å². The summed E-state index contributed by atoms with van der Waals surface area (Å²) in [6.07, 6.45) is 1.58. The number of hydrogen-bond acceptors (Lipinski definition) is 6. The van der Waals surface area contributed by atoms with Crippen molar-refractivity contribution in [3.63, 3.8) is 0 Å². The van der Waals surface area contributed by atoms with Gasteiger partial charge in [0, 0.05) is 19.3 Å². The Balaban J connectivity index is 1.61. The fraction of sp³-hybridized carbons (Fsp3) is 0.280. The van der Waals surface area contributed by atoms with Gasteiger partial charge in [0.05, 0.1) is 22.7 Å². The van der Waals surface area contributed by atoms with Gasteiger partial charge in [-0.05, 0) is 31.0 Å². The molecule has 0 bridgehead atoms. The van der Waals surface area contributed by atoms with Gasteiger partial charge in [0.2, 0.25) is 0 Å². The molecule has 2 aliphatic rings. The van der Waals surface area contributed by atoms with Crippen molar-refractivity contribution in [3.8, 4) is 0 Å². The smallest absolute Gasteiger partial charge is 0.338 e. The molecule has 2 aromatic rings. The van der Waals surface area contributed by atoms with Crippen molar-refractivity contribution in [2.24, 2.45) is 0 Å². The number of rotatable bonds is 6. The Bertz CT molecular complexity index is 1110. The summed E-state index contributed by atoms with van der Waals surface area (Å²) >= 11 is 0. The van der Waals surface area contributed by atoms with E-state index < -0.39 is 16.8 Å². The van der Waals surface area contributed by atoms with E-state index in [9.17, 15) is 19.7 Å². The third-order valence-electron chi connectivity index (χ3n) is 5.68. The summed E-state index contributed by atoms with van der Waals surface area (Å²) in [6.45, 7) is 1.85. The highest BCUT2D eigenvalue weighted by Gasteiger charge is 2.44. The first-order valence-corrected chi connectivity index (χ1v) is 10.6. The lowest BCUT2D eigenvalue weighted by Crippen LogP contribution is -2.28. The Hall–Kier alpha value is -3.74. The van der Waals surface area contributed by atoms with E-state index in [-0.39, 0.29) is 30.3 Å². The van der Waals surface area contributed by atoms with Gasteiger partial charge in [0.25, 0.3) is 5.70 Å². The zero-order chi connectivity index (χ0) is 22.7. The fourth-order valence-electron chi connectivity index (χ4n) is 4.13. The van der Waals surface area contributed by atoms with Gasteiger partial charge in [-0.25, -0.2) is 4.79 Å². The first-order valence-electron chi connectivity index (χ1n) is 10.6. The Morgan fingerprint density at radius 3 is 2.53 bits per heavy atom. The van der Waals surface area contributed by atoms with Crippen LogP contribution in [0.25, 0.3) is 0 Å². The van der Waals surface area contributed by atoms with E-state index in [0.717, 1.165) is 5.56 Å². The predicted molar refractivity (Wildman–Crippen MR) is 116 cm³/mol. The molecule has 164 valence electrons. The number of ether oxygens (including phenoxy) is 2. The van der Waals surface area contributed by atoms with Crippen LogP contribution < -0.4 is 0 Å². The van der Waals surface area contributed by atoms with Gasteiger partial charge in [-0.3, -0.25) is 14.9 Å². The van der Waals surface area contributed by atoms with Crippen molar-refractivity contribution in [1.82, 2.24) is 0 Å². The van der Waals surface area contributed by atoms with Crippen LogP contribution in [0.1, 0.15) is 53.1 Å². The normalized spacial score (nSPS) is 18.2. The van der Waals surface area contributed by atoms with Crippen LogP contribution in [0.4, 0.5) is 0 Å². The predicted octanol–water partition coefficient (Wildman–Crippen LogP) is 4.85. The van der Waals surface area contributed by atoms with E-state index in [1.54, 1.807) is 36.4 Å². The van der Waals surface area contributed by atoms with Gasteiger partial charge >= 0.3 is 5.97 Å². The van der Waals surface area contributed by atoms with Crippen molar-refractivity contribution in [3.05, 3.63) is 104 Å². The van der Waals surface area contributed by atoms with Gasteiger partial charge in [0.1, 0.15) is 11.7 Å². The van der Waals surface area contributed by atoms with Crippen molar-refractivity contribution < 1.29 is 24.0 Å². The second-order valence-electron chi connectivity index (χ2n) is 7.88. The van der Waals surface area contributed by atoms with Crippen LogP contribution in [0, 0.1) is 17.0 Å². The lowest BCUT2D eigenvalue weighted by Gasteiger charge is -2.30. The highest BCUT2D eigenvalue weighted by Crippen LogP contribution is 2.45. The molecule has 0 aromatic heterocycles. The second-order valence-corrected chi connectivity index (χ2v) is 7.88. The number of carbonyl (C=O) groups is 2. The molecule has 1 atom stereocenters. The van der Waals surface area contributed by atoms with Crippen LogP contribution in [0.15, 0.2) is 77.4 Å². The lowest BCUT2D eigenvalue weighted by atomic mass is 9.79. The Morgan fingerprint density at radius 1 is 1.12 bits per heavy atom. The summed E-state index contributed by atoms with van der Waals surface area (Å²) in [5.41, 5.74) is 2.30. The summed E-state index contributed by atoms with van der Waals surface area (Å²) in [4.78, 5) is 36.6. The molecule has 32 heavy (non-hydrogen) atoms. The molecule has 0 radical (unpaired) electrons. The van der Waals surface area contributed by atoms with Gasteiger partial charge < -0.3 is 9.47 Å². The average molecular weight is 433 g/mol. The number of nitrogens with zero attached hydrogens (tertiary/aromatic N) is 1. The number of aryl methyl sites for hydroxylation is 1. The highest BCUT2D eigenvalue weighted by molar-refractivity contribution is 5.99. The molecule has 0 N–H and O–H groups in total. The van der Waals surface area contributed by atoms with Crippen LogP contribution in [0.5, 0.6) is 0 Å². The molecule has 2 aromatic carbocycles. The maximum absolute atomic E-state index is 12.7.